The summed E-state index contributed by atoms with van der Waals surface area (Å²) < 4.78 is 9.94. The molecule has 0 saturated carbocycles. The van der Waals surface area contributed by atoms with Crippen LogP contribution in [0.2, 0.25) is 0 Å². The van der Waals surface area contributed by atoms with Crippen LogP contribution in [0.4, 0.5) is 0 Å². The van der Waals surface area contributed by atoms with Crippen molar-refractivity contribution >= 4 is 17.1 Å². The first-order chi connectivity index (χ1) is 7.22. The van der Waals surface area contributed by atoms with Gasteiger partial charge in [0.15, 0.2) is 0 Å². The minimum atomic E-state index is -1.13. The van der Waals surface area contributed by atoms with Gasteiger partial charge in [0.25, 0.3) is 0 Å². The van der Waals surface area contributed by atoms with Gasteiger partial charge in [0.2, 0.25) is 11.5 Å². The van der Waals surface area contributed by atoms with Gasteiger partial charge in [-0.1, -0.05) is 0 Å². The molecule has 15 heavy (non-hydrogen) atoms. The minimum absolute atomic E-state index is 0.150. The second kappa shape index (κ2) is 3.66. The van der Waals surface area contributed by atoms with E-state index in [4.69, 9.17) is 14.3 Å². The fourth-order valence-electron chi connectivity index (χ4n) is 1.26. The zero-order valence-electron chi connectivity index (χ0n) is 7.93. The Morgan fingerprint density at radius 2 is 2.40 bits per heavy atom. The number of carboxylic acids is 1. The van der Waals surface area contributed by atoms with E-state index in [1.165, 1.54) is 19.5 Å². The number of hydrogen-bond donors (Lipinski definition) is 1. The number of furan rings is 1. The second-order valence-corrected chi connectivity index (χ2v) is 2.89. The Morgan fingerprint density at radius 1 is 1.60 bits per heavy atom. The lowest BCUT2D eigenvalue weighted by Crippen LogP contribution is -1.93. The fourth-order valence-corrected chi connectivity index (χ4v) is 1.26. The van der Waals surface area contributed by atoms with Crippen molar-refractivity contribution in [3.63, 3.8) is 0 Å². The van der Waals surface area contributed by atoms with Crippen LogP contribution in [-0.4, -0.2) is 28.2 Å². The van der Waals surface area contributed by atoms with Crippen LogP contribution < -0.4 is 0 Å². The Hall–Kier alpha value is -1.95. The molecule has 2 aromatic heterocycles. The van der Waals surface area contributed by atoms with Crippen molar-refractivity contribution in [3.8, 4) is 0 Å². The largest absolute Gasteiger partial charge is 0.475 e. The quantitative estimate of drug-likeness (QED) is 0.811. The van der Waals surface area contributed by atoms with Crippen LogP contribution in [0.5, 0.6) is 0 Å². The van der Waals surface area contributed by atoms with Gasteiger partial charge in [-0.3, -0.25) is 0 Å². The van der Waals surface area contributed by atoms with E-state index in [0.29, 0.717) is 11.1 Å². The summed E-state index contributed by atoms with van der Waals surface area (Å²) in [5, 5.41) is 9.30. The first kappa shape index (κ1) is 9.60. The molecular formula is C9H8N2O4. The van der Waals surface area contributed by atoms with E-state index in [1.807, 2.05) is 0 Å². The van der Waals surface area contributed by atoms with Crippen LogP contribution in [0.3, 0.4) is 0 Å². The molecule has 0 spiro atoms. The van der Waals surface area contributed by atoms with Gasteiger partial charge in [-0.15, -0.1) is 0 Å². The van der Waals surface area contributed by atoms with Crippen molar-refractivity contribution in [1.29, 1.82) is 0 Å². The van der Waals surface area contributed by atoms with E-state index in [0.717, 1.165) is 0 Å². The summed E-state index contributed by atoms with van der Waals surface area (Å²) in [5.41, 5.74) is 0.869. The maximum atomic E-state index is 10.7. The van der Waals surface area contributed by atoms with Gasteiger partial charge in [0.1, 0.15) is 6.33 Å². The lowest BCUT2D eigenvalue weighted by Gasteiger charge is -1.97. The van der Waals surface area contributed by atoms with Crippen molar-refractivity contribution in [2.75, 3.05) is 7.11 Å². The number of carbonyl (C=O) groups is 1. The van der Waals surface area contributed by atoms with Crippen LogP contribution in [-0.2, 0) is 11.3 Å². The number of aromatic carboxylic acids is 1. The minimum Gasteiger partial charge on any atom is -0.475 e. The number of fused-ring (bicyclic) bond motifs is 1. The third kappa shape index (κ3) is 1.66. The Balaban J connectivity index is 2.59. The molecule has 0 aromatic carbocycles. The monoisotopic (exact) mass is 208 g/mol. The molecule has 0 bridgehead atoms. The molecule has 0 unspecified atom stereocenters. The average Bonchev–Trinajstić information content (AvgIpc) is 2.63. The van der Waals surface area contributed by atoms with Crippen LogP contribution in [0.15, 0.2) is 16.8 Å². The van der Waals surface area contributed by atoms with Gasteiger partial charge in [-0.05, 0) is 0 Å². The van der Waals surface area contributed by atoms with Gasteiger partial charge in [-0.2, -0.15) is 0 Å². The summed E-state index contributed by atoms with van der Waals surface area (Å²) in [4.78, 5) is 18.5. The highest BCUT2D eigenvalue weighted by molar-refractivity contribution is 5.90. The molecule has 1 N–H and O–H groups in total. The van der Waals surface area contributed by atoms with Crippen molar-refractivity contribution in [2.45, 2.75) is 6.61 Å². The molecular weight excluding hydrogens is 200 g/mol. The molecule has 0 aliphatic heterocycles. The molecule has 78 valence electrons. The van der Waals surface area contributed by atoms with Gasteiger partial charge >= 0.3 is 5.97 Å². The third-order valence-electron chi connectivity index (χ3n) is 1.90. The van der Waals surface area contributed by atoms with Gasteiger partial charge < -0.3 is 14.3 Å². The van der Waals surface area contributed by atoms with Crippen LogP contribution >= 0.6 is 0 Å². The lowest BCUT2D eigenvalue weighted by molar-refractivity contribution is 0.0664. The molecule has 0 radical (unpaired) electrons. The molecule has 0 saturated heterocycles. The highest BCUT2D eigenvalue weighted by atomic mass is 16.5. The van der Waals surface area contributed by atoms with E-state index < -0.39 is 5.97 Å². The molecule has 6 nitrogen and oxygen atoms in total. The fraction of sp³-hybridized carbons (Fsp3) is 0.222. The van der Waals surface area contributed by atoms with Crippen molar-refractivity contribution in [2.24, 2.45) is 0 Å². The standard InChI is InChI=1S/C9H8N2O4/c1-14-3-6-5-2-7(9(12)13)15-8(5)11-4-10-6/h2,4H,3H2,1H3,(H,12,13). The molecule has 2 rings (SSSR count). The van der Waals surface area contributed by atoms with E-state index in [-0.39, 0.29) is 18.1 Å². The summed E-state index contributed by atoms with van der Waals surface area (Å²) in [5.74, 6) is -1.28. The second-order valence-electron chi connectivity index (χ2n) is 2.89. The lowest BCUT2D eigenvalue weighted by atomic mass is 10.3. The van der Waals surface area contributed by atoms with Crippen LogP contribution in [0.25, 0.3) is 11.1 Å². The number of aromatic nitrogens is 2. The Morgan fingerprint density at radius 3 is 3.07 bits per heavy atom. The predicted octanol–water partition coefficient (Wildman–Crippen LogP) is 1.07. The van der Waals surface area contributed by atoms with Gasteiger partial charge in [-0.25, -0.2) is 14.8 Å². The van der Waals surface area contributed by atoms with E-state index >= 15 is 0 Å². The van der Waals surface area contributed by atoms with Crippen molar-refractivity contribution < 1.29 is 19.1 Å². The highest BCUT2D eigenvalue weighted by Gasteiger charge is 2.14. The zero-order chi connectivity index (χ0) is 10.8. The van der Waals surface area contributed by atoms with Crippen LogP contribution in [0.1, 0.15) is 16.2 Å². The number of hydrogen-bond acceptors (Lipinski definition) is 5. The number of carboxylic acid groups (broad SMARTS) is 1. The number of methoxy groups -OCH3 is 1. The first-order valence-corrected chi connectivity index (χ1v) is 4.18. The van der Waals surface area contributed by atoms with Gasteiger partial charge in [0.05, 0.1) is 17.7 Å². The molecule has 0 aliphatic carbocycles. The molecule has 2 heterocycles. The smallest absolute Gasteiger partial charge is 0.371 e. The predicted molar refractivity (Wildman–Crippen MR) is 49.5 cm³/mol. The number of ether oxygens (including phenoxy) is 1. The molecule has 0 fully saturated rings. The van der Waals surface area contributed by atoms with E-state index in [9.17, 15) is 4.79 Å². The average molecular weight is 208 g/mol. The summed E-state index contributed by atoms with van der Waals surface area (Å²) in [6.07, 6.45) is 1.31. The van der Waals surface area contributed by atoms with Gasteiger partial charge in [0, 0.05) is 13.2 Å². The normalized spacial score (nSPS) is 10.7. The molecule has 0 amide bonds. The van der Waals surface area contributed by atoms with Crippen molar-refractivity contribution in [1.82, 2.24) is 9.97 Å². The van der Waals surface area contributed by atoms with Crippen LogP contribution in [0, 0.1) is 0 Å². The third-order valence-corrected chi connectivity index (χ3v) is 1.90. The summed E-state index contributed by atoms with van der Waals surface area (Å²) >= 11 is 0. The molecule has 0 atom stereocenters. The SMILES string of the molecule is COCc1ncnc2oc(C(=O)O)cc12. The zero-order valence-corrected chi connectivity index (χ0v) is 7.93. The maximum absolute atomic E-state index is 10.7. The summed E-state index contributed by atoms with van der Waals surface area (Å²) in [6.45, 7) is 0.289. The van der Waals surface area contributed by atoms with Crippen molar-refractivity contribution in [3.05, 3.63) is 23.8 Å². The topological polar surface area (TPSA) is 85.5 Å². The summed E-state index contributed by atoms with van der Waals surface area (Å²) in [6, 6.07) is 1.39. The Bertz CT molecular complexity index is 506. The number of nitrogens with zero attached hydrogens (tertiary/aromatic N) is 2. The van der Waals surface area contributed by atoms with E-state index in [1.54, 1.807) is 0 Å². The summed E-state index contributed by atoms with van der Waals surface area (Å²) in [7, 11) is 1.53. The Labute approximate surface area is 84.5 Å². The molecule has 0 aliphatic rings. The highest BCUT2D eigenvalue weighted by Crippen LogP contribution is 2.19. The Kier molecular flexibility index (Phi) is 2.34. The maximum Gasteiger partial charge on any atom is 0.371 e. The van der Waals surface area contributed by atoms with E-state index in [2.05, 4.69) is 9.97 Å². The molecule has 6 heteroatoms. The number of rotatable bonds is 3. The first-order valence-electron chi connectivity index (χ1n) is 4.18. The molecule has 2 aromatic rings.